The van der Waals surface area contributed by atoms with E-state index in [0.29, 0.717) is 38.8 Å². The van der Waals surface area contributed by atoms with E-state index in [0.717, 1.165) is 34.0 Å². The Bertz CT molecular complexity index is 1130. The summed E-state index contributed by atoms with van der Waals surface area (Å²) in [5, 5.41) is 22.3. The average Bonchev–Trinajstić information content (AvgIpc) is 3.32. The molecular weight excluding hydrogens is 476 g/mol. The van der Waals surface area contributed by atoms with Crippen LogP contribution in [0.5, 0.6) is 0 Å². The van der Waals surface area contributed by atoms with Crippen LogP contribution >= 0.6 is 11.3 Å². The molecule has 3 heterocycles. The van der Waals surface area contributed by atoms with Crippen LogP contribution < -0.4 is 5.73 Å². The van der Waals surface area contributed by atoms with Crippen LogP contribution in [-0.2, 0) is 16.0 Å². The Labute approximate surface area is 215 Å². The number of hydrogen-bond acceptors (Lipinski definition) is 7. The maximum absolute atomic E-state index is 13.6. The molecule has 2 amide bonds. The standard InChI is InChI=1S/C27H36N4O4S/c1-26-8-5-21(33)27(2,15-32)20(26)13-19-23(30-25(36-19)17-4-3-9-29-14-17)18(26)12-22(34)31-10-6-16(7-11-31)24(28)35/h3-4,9,14,16,18,20-21,32-33H,5-8,10-13,15H2,1-2H3,(H2,28,35). The SMILES string of the molecule is CC1(CO)C(O)CCC2(C)C(CC(=O)N3CCC(C(N)=O)CC3)c3nc(-c4cccnc4)sc3CC12. The second-order valence-electron chi connectivity index (χ2n) is 11.4. The average molecular weight is 513 g/mol. The predicted molar refractivity (Wildman–Crippen MR) is 137 cm³/mol. The van der Waals surface area contributed by atoms with Gasteiger partial charge in [0.1, 0.15) is 5.01 Å². The molecule has 3 aliphatic rings. The predicted octanol–water partition coefficient (Wildman–Crippen LogP) is 2.73. The number of nitrogens with two attached hydrogens (primary N) is 1. The van der Waals surface area contributed by atoms with Crippen molar-refractivity contribution in [3.05, 3.63) is 35.1 Å². The van der Waals surface area contributed by atoms with Gasteiger partial charge in [-0.15, -0.1) is 11.3 Å². The van der Waals surface area contributed by atoms with E-state index in [4.69, 9.17) is 10.7 Å². The Kier molecular flexibility index (Phi) is 6.68. The highest BCUT2D eigenvalue weighted by Gasteiger charge is 2.59. The summed E-state index contributed by atoms with van der Waals surface area (Å²) in [7, 11) is 0. The van der Waals surface area contributed by atoms with E-state index in [9.17, 15) is 19.8 Å². The van der Waals surface area contributed by atoms with Crippen LogP contribution in [0.3, 0.4) is 0 Å². The second-order valence-corrected chi connectivity index (χ2v) is 12.4. The number of nitrogens with zero attached hydrogens (tertiary/aromatic N) is 3. The third-order valence-electron chi connectivity index (χ3n) is 9.43. The molecule has 2 fully saturated rings. The van der Waals surface area contributed by atoms with Gasteiger partial charge in [0.2, 0.25) is 11.8 Å². The Balaban J connectivity index is 1.50. The molecule has 5 rings (SSSR count). The molecule has 36 heavy (non-hydrogen) atoms. The first-order chi connectivity index (χ1) is 17.2. The molecule has 5 unspecified atom stereocenters. The minimum Gasteiger partial charge on any atom is -0.396 e. The number of likely N-dealkylation sites (tertiary alicyclic amines) is 1. The van der Waals surface area contributed by atoms with E-state index in [1.807, 2.05) is 30.2 Å². The molecule has 0 aromatic carbocycles. The summed E-state index contributed by atoms with van der Waals surface area (Å²) >= 11 is 1.63. The topological polar surface area (TPSA) is 130 Å². The molecule has 5 atom stereocenters. The van der Waals surface area contributed by atoms with Crippen LogP contribution in [0.15, 0.2) is 24.5 Å². The van der Waals surface area contributed by atoms with Gasteiger partial charge in [-0.1, -0.05) is 13.8 Å². The third-order valence-corrected chi connectivity index (χ3v) is 10.6. The van der Waals surface area contributed by atoms with Crippen molar-refractivity contribution in [1.82, 2.24) is 14.9 Å². The van der Waals surface area contributed by atoms with Crippen molar-refractivity contribution in [2.75, 3.05) is 19.7 Å². The fourth-order valence-electron chi connectivity index (χ4n) is 6.98. The number of thiazole rings is 1. The van der Waals surface area contributed by atoms with Crippen molar-refractivity contribution in [2.45, 2.75) is 64.4 Å². The number of carbonyl (C=O) groups is 2. The summed E-state index contributed by atoms with van der Waals surface area (Å²) in [6, 6.07) is 3.89. The van der Waals surface area contributed by atoms with Gasteiger partial charge < -0.3 is 20.8 Å². The number of hydrogen-bond donors (Lipinski definition) is 3. The van der Waals surface area contributed by atoms with Crippen molar-refractivity contribution in [1.29, 1.82) is 0 Å². The normalized spacial score (nSPS) is 32.6. The molecule has 4 N–H and O–H groups in total. The van der Waals surface area contributed by atoms with E-state index < -0.39 is 11.5 Å². The minimum atomic E-state index is -0.649. The highest BCUT2D eigenvalue weighted by atomic mass is 32.1. The van der Waals surface area contributed by atoms with Crippen LogP contribution in [0.25, 0.3) is 10.6 Å². The molecule has 8 nitrogen and oxygen atoms in total. The minimum absolute atomic E-state index is 0.0202. The summed E-state index contributed by atoms with van der Waals surface area (Å²) in [6.45, 7) is 5.19. The number of pyridine rings is 1. The number of aliphatic hydroxyl groups excluding tert-OH is 2. The molecular formula is C27H36N4O4S. The number of rotatable bonds is 5. The number of piperidine rings is 1. The van der Waals surface area contributed by atoms with Gasteiger partial charge in [0, 0.05) is 59.6 Å². The monoisotopic (exact) mass is 512 g/mol. The van der Waals surface area contributed by atoms with Crippen LogP contribution in [0, 0.1) is 22.7 Å². The zero-order valence-electron chi connectivity index (χ0n) is 21.0. The van der Waals surface area contributed by atoms with E-state index >= 15 is 0 Å². The summed E-state index contributed by atoms with van der Waals surface area (Å²) < 4.78 is 0. The van der Waals surface area contributed by atoms with Crippen LogP contribution in [0.4, 0.5) is 0 Å². The van der Waals surface area contributed by atoms with E-state index in [1.165, 1.54) is 0 Å². The lowest BCUT2D eigenvalue weighted by Crippen LogP contribution is -2.58. The number of aromatic nitrogens is 2. The number of primary amides is 1. The van der Waals surface area contributed by atoms with Crippen molar-refractivity contribution < 1.29 is 19.8 Å². The van der Waals surface area contributed by atoms with Crippen molar-refractivity contribution in [3.63, 3.8) is 0 Å². The van der Waals surface area contributed by atoms with Gasteiger partial charge in [-0.05, 0) is 55.6 Å². The Morgan fingerprint density at radius 2 is 2.00 bits per heavy atom. The van der Waals surface area contributed by atoms with Gasteiger partial charge in [0.05, 0.1) is 18.4 Å². The highest BCUT2D eigenvalue weighted by Crippen LogP contribution is 2.63. The van der Waals surface area contributed by atoms with E-state index in [-0.39, 0.29) is 41.6 Å². The molecule has 0 spiro atoms. The quantitative estimate of drug-likeness (QED) is 0.565. The first-order valence-electron chi connectivity index (χ1n) is 12.9. The summed E-state index contributed by atoms with van der Waals surface area (Å²) in [5.74, 6) is -0.477. The molecule has 2 aromatic heterocycles. The molecule has 0 radical (unpaired) electrons. The third kappa shape index (κ3) is 4.15. The number of amides is 2. The van der Waals surface area contributed by atoms with Gasteiger partial charge in [0.25, 0.3) is 0 Å². The lowest BCUT2D eigenvalue weighted by molar-refractivity contribution is -0.148. The second kappa shape index (κ2) is 9.50. The molecule has 2 aliphatic carbocycles. The lowest BCUT2D eigenvalue weighted by Gasteiger charge is -2.58. The van der Waals surface area contributed by atoms with Crippen molar-refractivity contribution in [2.24, 2.45) is 28.4 Å². The summed E-state index contributed by atoms with van der Waals surface area (Å²) in [4.78, 5) is 37.5. The van der Waals surface area contributed by atoms with Crippen molar-refractivity contribution in [3.8, 4) is 10.6 Å². The Morgan fingerprint density at radius 3 is 2.64 bits per heavy atom. The largest absolute Gasteiger partial charge is 0.396 e. The number of fused-ring (bicyclic) bond motifs is 2. The fourth-order valence-corrected chi connectivity index (χ4v) is 8.13. The molecule has 2 aromatic rings. The maximum Gasteiger partial charge on any atom is 0.223 e. The number of aliphatic hydroxyl groups is 2. The molecule has 1 aliphatic heterocycles. The zero-order valence-corrected chi connectivity index (χ0v) is 21.8. The van der Waals surface area contributed by atoms with Gasteiger partial charge >= 0.3 is 0 Å². The summed E-state index contributed by atoms with van der Waals surface area (Å²) in [6.07, 6.45) is 6.59. The van der Waals surface area contributed by atoms with Crippen LogP contribution in [-0.4, -0.2) is 62.7 Å². The van der Waals surface area contributed by atoms with E-state index in [1.54, 1.807) is 17.5 Å². The maximum atomic E-state index is 13.6. The first-order valence-corrected chi connectivity index (χ1v) is 13.7. The van der Waals surface area contributed by atoms with Gasteiger partial charge in [-0.2, -0.15) is 0 Å². The van der Waals surface area contributed by atoms with E-state index in [2.05, 4.69) is 11.9 Å². The fraction of sp³-hybridized carbons (Fsp3) is 0.630. The zero-order chi connectivity index (χ0) is 25.7. The molecule has 1 saturated heterocycles. The van der Waals surface area contributed by atoms with Gasteiger partial charge in [0.15, 0.2) is 0 Å². The Morgan fingerprint density at radius 1 is 1.25 bits per heavy atom. The van der Waals surface area contributed by atoms with Crippen LogP contribution in [0.1, 0.15) is 62.4 Å². The highest BCUT2D eigenvalue weighted by molar-refractivity contribution is 7.15. The first kappa shape index (κ1) is 25.3. The molecule has 194 valence electrons. The lowest BCUT2D eigenvalue weighted by atomic mass is 9.47. The van der Waals surface area contributed by atoms with Gasteiger partial charge in [-0.3, -0.25) is 14.6 Å². The molecule has 1 saturated carbocycles. The molecule has 9 heteroatoms. The van der Waals surface area contributed by atoms with Gasteiger partial charge in [-0.25, -0.2) is 4.98 Å². The van der Waals surface area contributed by atoms with Crippen molar-refractivity contribution >= 4 is 23.2 Å². The number of carbonyl (C=O) groups excluding carboxylic acids is 2. The Hall–Kier alpha value is -2.36. The smallest absolute Gasteiger partial charge is 0.223 e. The molecule has 0 bridgehead atoms. The van der Waals surface area contributed by atoms with Crippen LogP contribution in [0.2, 0.25) is 0 Å². The summed E-state index contributed by atoms with van der Waals surface area (Å²) in [5.41, 5.74) is 6.49.